The monoisotopic (exact) mass is 276 g/mol. The van der Waals surface area contributed by atoms with E-state index in [-0.39, 0.29) is 0 Å². The number of hydrogen-bond acceptors (Lipinski definition) is 3. The minimum Gasteiger partial charge on any atom is -0.378 e. The largest absolute Gasteiger partial charge is 0.378 e. The van der Waals surface area contributed by atoms with Crippen molar-refractivity contribution in [3.8, 4) is 0 Å². The van der Waals surface area contributed by atoms with Crippen LogP contribution in [-0.4, -0.2) is 17.1 Å². The number of nitrogens with zero attached hydrogens (tertiary/aromatic N) is 1. The van der Waals surface area contributed by atoms with E-state index < -0.39 is 0 Å². The first kappa shape index (κ1) is 11.8. The average molecular weight is 277 g/mol. The summed E-state index contributed by atoms with van der Waals surface area (Å²) in [4.78, 5) is 7.48. The fourth-order valence-electron chi connectivity index (χ4n) is 1.04. The fraction of sp³-hybridized carbons (Fsp3) is 0.556. The molecule has 78 valence electrons. The molecule has 1 rings (SSSR count). The lowest BCUT2D eigenvalue weighted by molar-refractivity contribution is 0.180. The Morgan fingerprint density at radius 3 is 2.71 bits per heavy atom. The molecule has 1 aromatic rings. The number of nitrogens with one attached hydrogen (secondary N) is 1. The Balaban J connectivity index is 3.21. The van der Waals surface area contributed by atoms with Gasteiger partial charge in [0.15, 0.2) is 0 Å². The summed E-state index contributed by atoms with van der Waals surface area (Å²) in [7, 11) is 1.65. The molecule has 0 aromatic carbocycles. The van der Waals surface area contributed by atoms with Crippen molar-refractivity contribution in [2.45, 2.75) is 26.4 Å². The second-order valence-corrected chi connectivity index (χ2v) is 4.49. The molecule has 0 bridgehead atoms. The molecule has 0 spiro atoms. The molecule has 0 aliphatic heterocycles. The quantitative estimate of drug-likeness (QED) is 0.862. The van der Waals surface area contributed by atoms with E-state index in [2.05, 4.69) is 39.7 Å². The van der Waals surface area contributed by atoms with E-state index in [1.807, 2.05) is 0 Å². The highest BCUT2D eigenvalue weighted by atomic mass is 79.9. The van der Waals surface area contributed by atoms with Gasteiger partial charge in [-0.05, 0) is 15.9 Å². The molecule has 0 saturated carbocycles. The third-order valence-electron chi connectivity index (χ3n) is 1.79. The maximum atomic E-state index is 5.13. The Bertz CT molecular complexity index is 376. The molecule has 0 aliphatic carbocycles. The highest BCUT2D eigenvalue weighted by Crippen LogP contribution is 2.19. The molecular formula is C9H13BrN2OS. The van der Waals surface area contributed by atoms with Crippen LogP contribution in [0.2, 0.25) is 0 Å². The van der Waals surface area contributed by atoms with E-state index in [9.17, 15) is 0 Å². The SMILES string of the molecule is COCc1[nH]c(C(C)C)nc(=S)c1Br. The number of H-pyrrole nitrogens is 1. The summed E-state index contributed by atoms with van der Waals surface area (Å²) in [6, 6.07) is 0. The van der Waals surface area contributed by atoms with Crippen molar-refractivity contribution >= 4 is 28.1 Å². The van der Waals surface area contributed by atoms with Crippen molar-refractivity contribution < 1.29 is 4.74 Å². The molecule has 1 aromatic heterocycles. The number of aromatic amines is 1. The fourth-order valence-corrected chi connectivity index (χ4v) is 1.57. The first-order chi connectivity index (χ1) is 6.56. The number of halogens is 1. The van der Waals surface area contributed by atoms with E-state index in [4.69, 9.17) is 17.0 Å². The van der Waals surface area contributed by atoms with Gasteiger partial charge in [0.1, 0.15) is 10.5 Å². The molecule has 0 radical (unpaired) electrons. The predicted octanol–water partition coefficient (Wildman–Crippen LogP) is 3.17. The zero-order valence-electron chi connectivity index (χ0n) is 8.43. The molecule has 0 aliphatic rings. The van der Waals surface area contributed by atoms with Gasteiger partial charge in [-0.15, -0.1) is 0 Å². The Labute approximate surface area is 97.0 Å². The maximum Gasteiger partial charge on any atom is 0.144 e. The third-order valence-corrected chi connectivity index (χ3v) is 3.20. The summed E-state index contributed by atoms with van der Waals surface area (Å²) in [6.45, 7) is 4.64. The van der Waals surface area contributed by atoms with Gasteiger partial charge >= 0.3 is 0 Å². The van der Waals surface area contributed by atoms with Crippen LogP contribution >= 0.6 is 28.1 Å². The van der Waals surface area contributed by atoms with Crippen LogP contribution in [0.25, 0.3) is 0 Å². The average Bonchev–Trinajstić information content (AvgIpc) is 2.12. The second kappa shape index (κ2) is 5.00. The zero-order chi connectivity index (χ0) is 10.7. The van der Waals surface area contributed by atoms with Crippen LogP contribution in [0.5, 0.6) is 0 Å². The molecule has 3 nitrogen and oxygen atoms in total. The molecule has 1 N–H and O–H groups in total. The van der Waals surface area contributed by atoms with E-state index in [0.29, 0.717) is 17.2 Å². The number of aromatic nitrogens is 2. The predicted molar refractivity (Wildman–Crippen MR) is 61.9 cm³/mol. The Morgan fingerprint density at radius 1 is 1.57 bits per heavy atom. The van der Waals surface area contributed by atoms with Crippen LogP contribution in [0.4, 0.5) is 0 Å². The van der Waals surface area contributed by atoms with Gasteiger partial charge in [-0.2, -0.15) is 0 Å². The molecule has 0 atom stereocenters. The van der Waals surface area contributed by atoms with Gasteiger partial charge in [0.2, 0.25) is 0 Å². The molecule has 14 heavy (non-hydrogen) atoms. The van der Waals surface area contributed by atoms with Gasteiger partial charge < -0.3 is 9.72 Å². The Morgan fingerprint density at radius 2 is 2.21 bits per heavy atom. The van der Waals surface area contributed by atoms with Crippen LogP contribution in [-0.2, 0) is 11.3 Å². The second-order valence-electron chi connectivity index (χ2n) is 3.31. The van der Waals surface area contributed by atoms with Gasteiger partial charge in [0.25, 0.3) is 0 Å². The normalized spacial score (nSPS) is 10.9. The summed E-state index contributed by atoms with van der Waals surface area (Å²) in [5, 5.41) is 0. The van der Waals surface area contributed by atoms with E-state index in [1.165, 1.54) is 0 Å². The number of methoxy groups -OCH3 is 1. The van der Waals surface area contributed by atoms with Crippen LogP contribution in [0.1, 0.15) is 31.3 Å². The Hall–Kier alpha value is -0.260. The van der Waals surface area contributed by atoms with Crippen LogP contribution in [0.3, 0.4) is 0 Å². The lowest BCUT2D eigenvalue weighted by Crippen LogP contribution is -2.04. The molecule has 0 fully saturated rings. The first-order valence-corrected chi connectivity index (χ1v) is 5.54. The number of ether oxygens (including phenoxy) is 1. The lowest BCUT2D eigenvalue weighted by Gasteiger charge is -2.09. The van der Waals surface area contributed by atoms with E-state index >= 15 is 0 Å². The molecular weight excluding hydrogens is 264 g/mol. The lowest BCUT2D eigenvalue weighted by atomic mass is 10.2. The molecule has 0 amide bonds. The summed E-state index contributed by atoms with van der Waals surface area (Å²) in [5.41, 5.74) is 0.941. The van der Waals surface area contributed by atoms with Gasteiger partial charge in [-0.3, -0.25) is 0 Å². The van der Waals surface area contributed by atoms with Crippen molar-refractivity contribution in [2.24, 2.45) is 0 Å². The third kappa shape index (κ3) is 2.62. The first-order valence-electron chi connectivity index (χ1n) is 4.33. The summed E-state index contributed by atoms with van der Waals surface area (Å²) in [6.07, 6.45) is 0. The van der Waals surface area contributed by atoms with Crippen molar-refractivity contribution in [1.29, 1.82) is 0 Å². The summed E-state index contributed by atoms with van der Waals surface area (Å²) >= 11 is 8.51. The highest BCUT2D eigenvalue weighted by Gasteiger charge is 2.08. The number of rotatable bonds is 3. The number of hydrogen-bond donors (Lipinski definition) is 1. The molecule has 1 heterocycles. The van der Waals surface area contributed by atoms with Crippen LogP contribution < -0.4 is 0 Å². The van der Waals surface area contributed by atoms with Gasteiger partial charge in [-0.1, -0.05) is 26.1 Å². The standard InChI is InChI=1S/C9H13BrN2OS/c1-5(2)8-11-6(4-13-3)7(10)9(14)12-8/h5H,4H2,1-3H3,(H,11,12,14). The van der Waals surface area contributed by atoms with E-state index in [0.717, 1.165) is 16.0 Å². The van der Waals surface area contributed by atoms with Crippen molar-refractivity contribution in [3.05, 3.63) is 20.6 Å². The van der Waals surface area contributed by atoms with Crippen molar-refractivity contribution in [3.63, 3.8) is 0 Å². The van der Waals surface area contributed by atoms with Gasteiger partial charge in [-0.25, -0.2) is 4.98 Å². The Kier molecular flexibility index (Phi) is 4.22. The summed E-state index contributed by atoms with van der Waals surface area (Å²) in [5.74, 6) is 1.23. The molecule has 0 unspecified atom stereocenters. The smallest absolute Gasteiger partial charge is 0.144 e. The van der Waals surface area contributed by atoms with E-state index in [1.54, 1.807) is 7.11 Å². The maximum absolute atomic E-state index is 5.13. The summed E-state index contributed by atoms with van der Waals surface area (Å²) < 4.78 is 6.46. The minimum atomic E-state index is 0.334. The van der Waals surface area contributed by atoms with Crippen molar-refractivity contribution in [2.75, 3.05) is 7.11 Å². The van der Waals surface area contributed by atoms with Crippen LogP contribution in [0.15, 0.2) is 4.47 Å². The zero-order valence-corrected chi connectivity index (χ0v) is 10.8. The van der Waals surface area contributed by atoms with Crippen LogP contribution in [0, 0.1) is 4.64 Å². The topological polar surface area (TPSA) is 37.9 Å². The minimum absolute atomic E-state index is 0.334. The molecule has 5 heteroatoms. The highest BCUT2D eigenvalue weighted by molar-refractivity contribution is 9.10. The van der Waals surface area contributed by atoms with Gasteiger partial charge in [0, 0.05) is 13.0 Å². The van der Waals surface area contributed by atoms with Gasteiger partial charge in [0.05, 0.1) is 16.8 Å². The van der Waals surface area contributed by atoms with Crippen molar-refractivity contribution in [1.82, 2.24) is 9.97 Å². The molecule has 0 saturated heterocycles.